The molecule has 0 aromatic heterocycles. The van der Waals surface area contributed by atoms with Crippen LogP contribution in [0.15, 0.2) is 23.7 Å². The van der Waals surface area contributed by atoms with Gasteiger partial charge in [0.2, 0.25) is 5.91 Å². The van der Waals surface area contributed by atoms with Gasteiger partial charge in [0, 0.05) is 13.1 Å². The van der Waals surface area contributed by atoms with Crippen molar-refractivity contribution < 1.29 is 14.3 Å². The summed E-state index contributed by atoms with van der Waals surface area (Å²) in [5, 5.41) is 0. The fourth-order valence-electron chi connectivity index (χ4n) is 3.72. The van der Waals surface area contributed by atoms with Crippen LogP contribution in [0.5, 0.6) is 0 Å². The molecule has 1 spiro atoms. The van der Waals surface area contributed by atoms with Gasteiger partial charge in [-0.2, -0.15) is 0 Å². The van der Waals surface area contributed by atoms with E-state index in [2.05, 4.69) is 19.0 Å². The third-order valence-electron chi connectivity index (χ3n) is 5.22. The fourth-order valence-corrected chi connectivity index (χ4v) is 3.72. The minimum absolute atomic E-state index is 0.198. The summed E-state index contributed by atoms with van der Waals surface area (Å²) in [5.74, 6) is 1.86. The minimum atomic E-state index is -0.555. The molecule has 0 aromatic carbocycles. The van der Waals surface area contributed by atoms with Crippen molar-refractivity contribution in [1.82, 2.24) is 9.80 Å². The molecule has 1 saturated heterocycles. The number of hydrogen-bond donors (Lipinski definition) is 0. The van der Waals surface area contributed by atoms with Crippen molar-refractivity contribution in [2.45, 2.75) is 44.9 Å². The molecule has 1 aliphatic carbocycles. The molecule has 5 heteroatoms. The highest BCUT2D eigenvalue weighted by Gasteiger charge is 2.45. The molecule has 0 atom stereocenters. The van der Waals surface area contributed by atoms with Crippen molar-refractivity contribution in [3.8, 4) is 0 Å². The summed E-state index contributed by atoms with van der Waals surface area (Å²) in [5.41, 5.74) is -0.555. The quantitative estimate of drug-likeness (QED) is 0.568. The number of amides is 1. The maximum atomic E-state index is 13.0. The lowest BCUT2D eigenvalue weighted by molar-refractivity contribution is -0.132. The van der Waals surface area contributed by atoms with Crippen LogP contribution in [0.1, 0.15) is 44.9 Å². The second-order valence-electron chi connectivity index (χ2n) is 7.46. The van der Waals surface area contributed by atoms with E-state index in [1.807, 2.05) is 17.1 Å². The maximum Gasteiger partial charge on any atom is 0.236 e. The second-order valence-corrected chi connectivity index (χ2v) is 7.46. The Bertz CT molecular complexity index is 491. The van der Waals surface area contributed by atoms with Crippen LogP contribution in [-0.2, 0) is 14.3 Å². The van der Waals surface area contributed by atoms with E-state index in [4.69, 9.17) is 9.47 Å². The molecule has 25 heavy (non-hydrogen) atoms. The lowest BCUT2D eigenvalue weighted by Gasteiger charge is -2.27. The standard InChI is InChI=1S/C20H34N2O3/c1-21(2)11-8-6-5-7-9-12-22-13-10-20(19(22)23)15-17(24-3)14-18(16-20)25-4/h15-16H,5-14H2,1-4H3. The van der Waals surface area contributed by atoms with Crippen molar-refractivity contribution in [2.24, 2.45) is 5.41 Å². The highest BCUT2D eigenvalue weighted by Crippen LogP contribution is 2.41. The van der Waals surface area contributed by atoms with Gasteiger partial charge in [0.15, 0.2) is 0 Å². The van der Waals surface area contributed by atoms with Crippen LogP contribution in [-0.4, -0.2) is 63.7 Å². The first-order chi connectivity index (χ1) is 12.0. The van der Waals surface area contributed by atoms with Gasteiger partial charge in [0.25, 0.3) is 0 Å². The zero-order chi connectivity index (χ0) is 18.3. The van der Waals surface area contributed by atoms with E-state index in [0.717, 1.165) is 44.0 Å². The summed E-state index contributed by atoms with van der Waals surface area (Å²) in [6.07, 6.45) is 11.5. The number of ether oxygens (including phenoxy) is 2. The number of rotatable bonds is 10. The zero-order valence-corrected chi connectivity index (χ0v) is 16.3. The van der Waals surface area contributed by atoms with Gasteiger partial charge >= 0.3 is 0 Å². The Kier molecular flexibility index (Phi) is 7.36. The summed E-state index contributed by atoms with van der Waals surface area (Å²) in [7, 11) is 7.55. The van der Waals surface area contributed by atoms with Crippen LogP contribution in [0.25, 0.3) is 0 Å². The largest absolute Gasteiger partial charge is 0.501 e. The van der Waals surface area contributed by atoms with Gasteiger partial charge in [-0.05, 0) is 52.1 Å². The molecular formula is C20H34N2O3. The molecule has 1 heterocycles. The lowest BCUT2D eigenvalue weighted by atomic mass is 9.81. The van der Waals surface area contributed by atoms with E-state index in [9.17, 15) is 4.79 Å². The predicted molar refractivity (Wildman–Crippen MR) is 100 cm³/mol. The van der Waals surface area contributed by atoms with Gasteiger partial charge in [-0.3, -0.25) is 4.79 Å². The number of hydrogen-bond acceptors (Lipinski definition) is 4. The summed E-state index contributed by atoms with van der Waals surface area (Å²) >= 11 is 0. The molecule has 1 aliphatic heterocycles. The molecule has 0 unspecified atom stereocenters. The number of nitrogens with zero attached hydrogens (tertiary/aromatic N) is 2. The number of methoxy groups -OCH3 is 2. The topological polar surface area (TPSA) is 42.0 Å². The summed E-state index contributed by atoms with van der Waals surface area (Å²) in [6, 6.07) is 0. The van der Waals surface area contributed by atoms with Crippen LogP contribution < -0.4 is 0 Å². The molecule has 0 radical (unpaired) electrons. The van der Waals surface area contributed by atoms with Crippen LogP contribution in [0, 0.1) is 5.41 Å². The molecule has 0 saturated carbocycles. The van der Waals surface area contributed by atoms with Gasteiger partial charge in [-0.1, -0.05) is 19.3 Å². The Labute approximate surface area is 152 Å². The second kappa shape index (κ2) is 9.27. The van der Waals surface area contributed by atoms with Gasteiger partial charge < -0.3 is 19.3 Å². The average Bonchev–Trinajstić information content (AvgIpc) is 2.89. The van der Waals surface area contributed by atoms with E-state index < -0.39 is 5.41 Å². The lowest BCUT2D eigenvalue weighted by Crippen LogP contribution is -2.34. The van der Waals surface area contributed by atoms with Crippen LogP contribution in [0.2, 0.25) is 0 Å². The van der Waals surface area contributed by atoms with Crippen molar-refractivity contribution >= 4 is 5.91 Å². The SMILES string of the molecule is COC1=CC2(C=C(OC)C1)CCN(CCCCCCCN(C)C)C2=O. The Balaban J connectivity index is 1.80. The Hall–Kier alpha value is -1.49. The van der Waals surface area contributed by atoms with E-state index in [-0.39, 0.29) is 5.91 Å². The minimum Gasteiger partial charge on any atom is -0.501 e. The highest BCUT2D eigenvalue weighted by molar-refractivity contribution is 5.89. The third kappa shape index (κ3) is 5.24. The zero-order valence-electron chi connectivity index (χ0n) is 16.3. The Morgan fingerprint density at radius 1 is 1.04 bits per heavy atom. The third-order valence-corrected chi connectivity index (χ3v) is 5.22. The molecule has 1 amide bonds. The Morgan fingerprint density at radius 2 is 1.64 bits per heavy atom. The Morgan fingerprint density at radius 3 is 2.24 bits per heavy atom. The predicted octanol–water partition coefficient (Wildman–Crippen LogP) is 3.18. The van der Waals surface area contributed by atoms with Crippen molar-refractivity contribution in [3.05, 3.63) is 23.7 Å². The number of carbonyl (C=O) groups excluding carboxylic acids is 1. The van der Waals surface area contributed by atoms with Gasteiger partial charge in [0.1, 0.15) is 11.5 Å². The normalized spacial score (nSPS) is 19.4. The van der Waals surface area contributed by atoms with E-state index in [1.54, 1.807) is 14.2 Å². The van der Waals surface area contributed by atoms with E-state index >= 15 is 0 Å². The molecule has 0 bridgehead atoms. The molecule has 142 valence electrons. The molecule has 5 nitrogen and oxygen atoms in total. The van der Waals surface area contributed by atoms with Gasteiger partial charge in [0.05, 0.1) is 26.1 Å². The van der Waals surface area contributed by atoms with Crippen molar-refractivity contribution in [2.75, 3.05) is 47.9 Å². The summed E-state index contributed by atoms with van der Waals surface area (Å²) < 4.78 is 10.8. The molecule has 2 rings (SSSR count). The summed E-state index contributed by atoms with van der Waals surface area (Å²) in [6.45, 7) is 2.84. The van der Waals surface area contributed by atoms with Crippen LogP contribution in [0.3, 0.4) is 0 Å². The van der Waals surface area contributed by atoms with Crippen LogP contribution in [0.4, 0.5) is 0 Å². The number of likely N-dealkylation sites (tertiary alicyclic amines) is 1. The molecule has 0 aromatic rings. The number of carbonyl (C=O) groups is 1. The van der Waals surface area contributed by atoms with Gasteiger partial charge in [-0.25, -0.2) is 0 Å². The monoisotopic (exact) mass is 350 g/mol. The first-order valence-electron chi connectivity index (χ1n) is 9.46. The molecular weight excluding hydrogens is 316 g/mol. The highest BCUT2D eigenvalue weighted by atomic mass is 16.5. The molecule has 0 N–H and O–H groups in total. The van der Waals surface area contributed by atoms with E-state index in [1.165, 1.54) is 25.7 Å². The van der Waals surface area contributed by atoms with E-state index in [0.29, 0.717) is 6.42 Å². The van der Waals surface area contributed by atoms with Crippen molar-refractivity contribution in [3.63, 3.8) is 0 Å². The average molecular weight is 351 g/mol. The first-order valence-corrected chi connectivity index (χ1v) is 9.46. The molecule has 2 aliphatic rings. The first kappa shape index (κ1) is 19.8. The fraction of sp³-hybridized carbons (Fsp3) is 0.750. The number of unbranched alkanes of at least 4 members (excludes halogenated alkanes) is 4. The molecule has 1 fully saturated rings. The van der Waals surface area contributed by atoms with Gasteiger partial charge in [-0.15, -0.1) is 0 Å². The summed E-state index contributed by atoms with van der Waals surface area (Å²) in [4.78, 5) is 17.2. The maximum absolute atomic E-state index is 13.0. The van der Waals surface area contributed by atoms with Crippen molar-refractivity contribution in [1.29, 1.82) is 0 Å². The smallest absolute Gasteiger partial charge is 0.236 e. The van der Waals surface area contributed by atoms with Crippen LogP contribution >= 0.6 is 0 Å².